The number of hydrogen-bond donors (Lipinski definition) is 7. The maximum absolute atomic E-state index is 13.7. The zero-order valence-electron chi connectivity index (χ0n) is 58.3. The molecule has 0 saturated heterocycles. The Kier molecular flexibility index (Phi) is 27.6. The average molecular weight is 1520 g/mol. The third-order valence-electron chi connectivity index (χ3n) is 15.7. The maximum Gasteiger partial charge on any atom is 0.573 e. The van der Waals surface area contributed by atoms with Crippen molar-refractivity contribution < 1.29 is 93.8 Å². The van der Waals surface area contributed by atoms with Gasteiger partial charge in [-0.1, -0.05) is 127 Å². The number of aromatic amines is 1. The number of aromatic carboxylic acids is 1. The third kappa shape index (κ3) is 21.3. The Morgan fingerprint density at radius 2 is 0.855 bits per heavy atom. The number of carboxylic acid groups (broad SMARTS) is 1. The molecule has 110 heavy (non-hydrogen) atoms. The van der Waals surface area contributed by atoms with Crippen LogP contribution >= 0.6 is 11.6 Å². The minimum Gasteiger partial charge on any atom is -0.478 e. The number of nitrogens with one attached hydrogen (secondary N) is 1. The molecule has 0 aliphatic heterocycles. The zero-order valence-corrected chi connectivity index (χ0v) is 59.1. The van der Waals surface area contributed by atoms with Crippen LogP contribution in [0.3, 0.4) is 0 Å². The van der Waals surface area contributed by atoms with Gasteiger partial charge in [-0.3, -0.25) is 19.0 Å². The van der Waals surface area contributed by atoms with Crippen LogP contribution in [0.1, 0.15) is 72.5 Å². The number of alkyl halides is 6. The minimum atomic E-state index is -4.84. The molecule has 0 saturated carbocycles. The van der Waals surface area contributed by atoms with Crippen molar-refractivity contribution >= 4 is 130 Å². The van der Waals surface area contributed by atoms with Crippen molar-refractivity contribution in [1.82, 2.24) is 19.5 Å². The Morgan fingerprint density at radius 1 is 0.445 bits per heavy atom. The number of imidazole rings is 2. The summed E-state index contributed by atoms with van der Waals surface area (Å²) in [6, 6.07) is 68.9. The van der Waals surface area contributed by atoms with Gasteiger partial charge in [0.2, 0.25) is 0 Å². The van der Waals surface area contributed by atoms with Crippen LogP contribution < -0.4 is 32.4 Å². The van der Waals surface area contributed by atoms with Crippen molar-refractivity contribution in [2.45, 2.75) is 12.7 Å². The smallest absolute Gasteiger partial charge is 0.478 e. The minimum absolute atomic E-state index is 0.112. The van der Waals surface area contributed by atoms with Crippen molar-refractivity contribution in [3.63, 3.8) is 0 Å². The molecule has 0 atom stereocenters. The summed E-state index contributed by atoms with van der Waals surface area (Å²) in [5.41, 5.74) is 29.7. The molecule has 0 amide bonds. The average Bonchev–Trinajstić information content (AvgIpc) is 1.60. The number of carboxylic acids is 1. The van der Waals surface area contributed by atoms with E-state index in [0.717, 1.165) is 105 Å². The van der Waals surface area contributed by atoms with Gasteiger partial charge in [0.25, 0.3) is 11.1 Å². The summed E-state index contributed by atoms with van der Waals surface area (Å²) < 4.78 is 95.6. The molecule has 0 aliphatic carbocycles. The summed E-state index contributed by atoms with van der Waals surface area (Å²) in [4.78, 5) is 92.5. The normalized spacial score (nSPS) is 10.6. The summed E-state index contributed by atoms with van der Waals surface area (Å²) >= 11 is 5.09. The Bertz CT molecular complexity index is 5650. The first-order valence-corrected chi connectivity index (χ1v) is 32.6. The van der Waals surface area contributed by atoms with Gasteiger partial charge in [-0.25, -0.2) is 29.1 Å². The lowest BCUT2D eigenvalue weighted by molar-refractivity contribution is -0.275. The number of hydrogen-bond acceptors (Lipinski definition) is 19. The van der Waals surface area contributed by atoms with E-state index in [1.54, 1.807) is 30.3 Å². The molecular weight excluding hydrogens is 1460 g/mol. The molecular formula is C81H65ClF6N8O14. The predicted molar refractivity (Wildman–Crippen MR) is 407 cm³/mol. The van der Waals surface area contributed by atoms with Crippen LogP contribution in [0.5, 0.6) is 11.5 Å². The van der Waals surface area contributed by atoms with E-state index >= 15 is 0 Å². The molecule has 0 aliphatic rings. The molecule has 0 bridgehead atoms. The first-order chi connectivity index (χ1) is 52.6. The van der Waals surface area contributed by atoms with E-state index in [1.165, 1.54) is 79.8 Å². The maximum atomic E-state index is 13.7. The lowest BCUT2D eigenvalue weighted by atomic mass is 10.0. The Morgan fingerprint density at radius 3 is 1.35 bits per heavy atom. The number of H-pyrrole nitrogens is 1. The first-order valence-electron chi connectivity index (χ1n) is 32.2. The predicted octanol–water partition coefficient (Wildman–Crippen LogP) is 16.8. The van der Waals surface area contributed by atoms with E-state index < -0.39 is 47.5 Å². The number of aldehydes is 1. The first kappa shape index (κ1) is 81.5. The van der Waals surface area contributed by atoms with Crippen LogP contribution in [0, 0.1) is 0 Å². The molecule has 14 aromatic rings. The molecule has 0 spiro atoms. The van der Waals surface area contributed by atoms with Crippen LogP contribution in [-0.2, 0) is 14.2 Å². The molecule has 0 unspecified atom stereocenters. The number of nitrogens with two attached hydrogens (primary N) is 4. The van der Waals surface area contributed by atoms with Crippen molar-refractivity contribution in [3.05, 3.63) is 288 Å². The molecule has 2 aromatic heterocycles. The summed E-state index contributed by atoms with van der Waals surface area (Å²) in [5, 5.41) is 21.0. The van der Waals surface area contributed by atoms with Crippen LogP contribution in [0.25, 0.3) is 77.2 Å². The van der Waals surface area contributed by atoms with Crippen molar-refractivity contribution in [2.24, 2.45) is 0 Å². The molecule has 11 N–H and O–H groups in total. The van der Waals surface area contributed by atoms with E-state index in [1.807, 2.05) is 115 Å². The Hall–Kier alpha value is -14.1. The van der Waals surface area contributed by atoms with Gasteiger partial charge in [0.15, 0.2) is 6.29 Å². The van der Waals surface area contributed by atoms with Gasteiger partial charge in [-0.15, -0.1) is 26.3 Å². The summed E-state index contributed by atoms with van der Waals surface area (Å²) in [5.74, 6) is -2.55. The number of benzene rings is 12. The number of nitrogens with zero attached hydrogens (tertiary/aromatic N) is 3. The molecule has 562 valence electrons. The number of ether oxygens (including phenoxy) is 5. The van der Waals surface area contributed by atoms with Gasteiger partial charge in [0, 0.05) is 34.9 Å². The number of carbonyl (C=O) groups excluding carboxylic acids is 6. The number of carbonyl (C=O) groups is 7. The number of rotatable bonds is 11. The topological polar surface area (TPSA) is 357 Å². The number of aliphatic hydroxyl groups excluding tert-OH is 1. The molecule has 0 radical (unpaired) electrons. The molecule has 14 rings (SSSR count). The van der Waals surface area contributed by atoms with E-state index in [2.05, 4.69) is 47.4 Å². The SMILES string of the molecule is CO.COC(=O)c1ccc(N)c(N)c1.COC(=O)c1ccc2c(c1)nc(-c1cccc3ccccc13)n2C(=O)c1ccc(OC(F)(F)F)cc1.COC(=O)c1ccc2nc(-c3cccc4ccccc34)[nH]c2c1.Nc1ccc(C(=O)O)cc1N.O=C(Cl)c1ccc(OC(F)(F)F)cc1.O=Cc1cccc2ccccc12. The molecule has 29 heteroatoms. The van der Waals surface area contributed by atoms with E-state index in [-0.39, 0.29) is 34.0 Å². The van der Waals surface area contributed by atoms with Gasteiger partial charge >= 0.3 is 36.6 Å². The van der Waals surface area contributed by atoms with Crippen LogP contribution in [0.15, 0.2) is 249 Å². The van der Waals surface area contributed by atoms with Gasteiger partial charge in [-0.2, -0.15) is 0 Å². The second-order valence-corrected chi connectivity index (χ2v) is 23.1. The lowest BCUT2D eigenvalue weighted by Crippen LogP contribution is -2.17. The largest absolute Gasteiger partial charge is 0.573 e. The Balaban J connectivity index is 0.000000177. The van der Waals surface area contributed by atoms with Gasteiger partial charge in [0.05, 0.1) is 88.4 Å². The van der Waals surface area contributed by atoms with Gasteiger partial charge in [0.1, 0.15) is 23.1 Å². The highest BCUT2D eigenvalue weighted by Gasteiger charge is 2.32. The molecule has 12 aromatic carbocycles. The lowest BCUT2D eigenvalue weighted by Gasteiger charge is -2.12. The van der Waals surface area contributed by atoms with Crippen molar-refractivity contribution in [3.8, 4) is 34.3 Å². The number of methoxy groups -OCH3 is 3. The molecule has 22 nitrogen and oxygen atoms in total. The van der Waals surface area contributed by atoms with Crippen LogP contribution in [0.2, 0.25) is 0 Å². The van der Waals surface area contributed by atoms with Gasteiger partial charge < -0.3 is 61.8 Å². The van der Waals surface area contributed by atoms with E-state index in [0.29, 0.717) is 56.3 Å². The number of nitrogen functional groups attached to an aromatic ring is 4. The second-order valence-electron chi connectivity index (χ2n) is 22.7. The third-order valence-corrected chi connectivity index (χ3v) is 15.9. The zero-order chi connectivity index (χ0) is 80.0. The van der Waals surface area contributed by atoms with Crippen LogP contribution in [0.4, 0.5) is 49.1 Å². The number of aliphatic hydroxyl groups is 1. The number of anilines is 4. The standard InChI is InChI=1S/C27H17F3N2O4.C19H14N2O2.C11H8O.C8H4ClF3O2.C8H10N2O2.C7H8N2O2.CH4O/c1-35-26(34)18-11-14-23-22(15-18)31-24(21-8-4-6-16-5-2-3-7-20(16)21)32(23)25(33)17-9-12-19(13-10-17)36-27(28,29)30;1-23-19(22)13-9-10-16-17(11-13)21-18(20-16)15-8-4-6-12-5-2-3-7-14(12)15;12-8-10-6-3-5-9-4-1-2-7-11(9)10;9-7(13)5-1-3-6(4-2-5)14-8(10,11)12;1-12-8(11)5-2-3-6(9)7(10)4-5;8-5-2-1-4(7(10)11)3-6(5)9;1-2/h2-15H,1H3;2-11H,1H3,(H,20,21);1-8H;1-4H;2-4H,9-10H2,1H3;1-3H,8-9H2,(H,10,11);2H,1H3. The van der Waals surface area contributed by atoms with E-state index in [4.69, 9.17) is 54.2 Å². The number of halogens is 7. The Labute approximate surface area is 626 Å². The molecule has 2 heterocycles. The molecule has 0 fully saturated rings. The van der Waals surface area contributed by atoms with E-state index in [9.17, 15) is 59.9 Å². The number of fused-ring (bicyclic) bond motifs is 5. The highest BCUT2D eigenvalue weighted by molar-refractivity contribution is 6.67. The summed E-state index contributed by atoms with van der Waals surface area (Å²) in [6.45, 7) is 0. The quantitative estimate of drug-likeness (QED) is 0.0158. The monoisotopic (exact) mass is 1520 g/mol. The van der Waals surface area contributed by atoms with Crippen molar-refractivity contribution in [1.29, 1.82) is 0 Å². The van der Waals surface area contributed by atoms with Crippen LogP contribution in [-0.4, -0.2) is 112 Å². The second kappa shape index (κ2) is 37.2. The number of esters is 3. The summed E-state index contributed by atoms with van der Waals surface area (Å²) in [7, 11) is 4.96. The highest BCUT2D eigenvalue weighted by atomic mass is 35.5. The number of aromatic nitrogens is 4. The highest BCUT2D eigenvalue weighted by Crippen LogP contribution is 2.34. The van der Waals surface area contributed by atoms with Gasteiger partial charge in [-0.05, 0) is 165 Å². The summed E-state index contributed by atoms with van der Waals surface area (Å²) in [6.07, 6.45) is -8.68. The fraction of sp³-hybridized carbons (Fsp3) is 0.0741. The fourth-order valence-corrected chi connectivity index (χ4v) is 10.7. The van der Waals surface area contributed by atoms with Crippen molar-refractivity contribution in [2.75, 3.05) is 51.4 Å². The fourth-order valence-electron chi connectivity index (χ4n) is 10.5.